The standard InChI is InChI=1S/C14H17ClN2O3S/c1-2-20-7-3-6-17-12-5-4-10(15)8-11(12)16-14(17)21-9-13(18)19/h4-5,8H,2-3,6-7,9H2,1H3,(H,18,19). The minimum atomic E-state index is -0.856. The Morgan fingerprint density at radius 1 is 1.52 bits per heavy atom. The van der Waals surface area contributed by atoms with Crippen molar-refractivity contribution in [2.75, 3.05) is 19.0 Å². The molecule has 21 heavy (non-hydrogen) atoms. The van der Waals surface area contributed by atoms with Crippen molar-refractivity contribution in [3.8, 4) is 0 Å². The first-order valence-corrected chi connectivity index (χ1v) is 8.06. The lowest BCUT2D eigenvalue weighted by Crippen LogP contribution is -2.06. The predicted molar refractivity (Wildman–Crippen MR) is 84.2 cm³/mol. The zero-order valence-electron chi connectivity index (χ0n) is 11.7. The fraction of sp³-hybridized carbons (Fsp3) is 0.429. The van der Waals surface area contributed by atoms with Crippen LogP contribution in [-0.2, 0) is 16.1 Å². The molecule has 7 heteroatoms. The molecular formula is C14H17ClN2O3S. The van der Waals surface area contributed by atoms with Crippen LogP contribution in [0.25, 0.3) is 11.0 Å². The number of nitrogens with zero attached hydrogens (tertiary/aromatic N) is 2. The topological polar surface area (TPSA) is 64.3 Å². The number of carboxylic acid groups (broad SMARTS) is 1. The maximum atomic E-state index is 10.8. The van der Waals surface area contributed by atoms with Crippen molar-refractivity contribution in [2.24, 2.45) is 0 Å². The fourth-order valence-electron chi connectivity index (χ4n) is 2.00. The Morgan fingerprint density at radius 3 is 3.05 bits per heavy atom. The first-order chi connectivity index (χ1) is 10.1. The van der Waals surface area contributed by atoms with Crippen LogP contribution >= 0.6 is 23.4 Å². The SMILES string of the molecule is CCOCCCn1c(SCC(=O)O)nc2cc(Cl)ccc21. The third kappa shape index (κ3) is 4.36. The summed E-state index contributed by atoms with van der Waals surface area (Å²) in [4.78, 5) is 15.2. The maximum absolute atomic E-state index is 10.8. The molecule has 0 radical (unpaired) electrons. The van der Waals surface area contributed by atoms with E-state index in [1.165, 1.54) is 11.8 Å². The summed E-state index contributed by atoms with van der Waals surface area (Å²) < 4.78 is 7.37. The Kier molecular flexibility index (Phi) is 5.90. The molecule has 0 bridgehead atoms. The molecule has 0 fully saturated rings. The molecule has 1 aromatic carbocycles. The largest absolute Gasteiger partial charge is 0.481 e. The van der Waals surface area contributed by atoms with Crippen LogP contribution in [0.3, 0.4) is 0 Å². The lowest BCUT2D eigenvalue weighted by molar-refractivity contribution is -0.133. The molecule has 1 heterocycles. The molecule has 0 atom stereocenters. The molecule has 5 nitrogen and oxygen atoms in total. The van der Waals surface area contributed by atoms with E-state index in [0.717, 1.165) is 24.0 Å². The number of carboxylic acids is 1. The van der Waals surface area contributed by atoms with Crippen LogP contribution in [0.5, 0.6) is 0 Å². The number of rotatable bonds is 8. The molecule has 0 saturated heterocycles. The van der Waals surface area contributed by atoms with Gasteiger partial charge in [0.05, 0.1) is 16.8 Å². The number of aryl methyl sites for hydroxylation is 1. The maximum Gasteiger partial charge on any atom is 0.313 e. The van der Waals surface area contributed by atoms with Crippen LogP contribution in [-0.4, -0.2) is 39.6 Å². The Labute approximate surface area is 132 Å². The Morgan fingerprint density at radius 2 is 2.33 bits per heavy atom. The molecule has 1 aromatic heterocycles. The molecule has 1 N–H and O–H groups in total. The van der Waals surface area contributed by atoms with Gasteiger partial charge in [0.1, 0.15) is 0 Å². The summed E-state index contributed by atoms with van der Waals surface area (Å²) in [6, 6.07) is 5.52. The normalized spacial score (nSPS) is 11.1. The third-order valence-corrected chi connectivity index (χ3v) is 4.07. The predicted octanol–water partition coefficient (Wildman–Crippen LogP) is 3.29. The summed E-state index contributed by atoms with van der Waals surface area (Å²) in [5.41, 5.74) is 1.75. The van der Waals surface area contributed by atoms with Crippen LogP contribution < -0.4 is 0 Å². The molecule has 0 unspecified atom stereocenters. The highest BCUT2D eigenvalue weighted by molar-refractivity contribution is 7.99. The molecule has 2 rings (SSSR count). The lowest BCUT2D eigenvalue weighted by atomic mass is 10.3. The average molecular weight is 329 g/mol. The van der Waals surface area contributed by atoms with Gasteiger partial charge in [0, 0.05) is 24.8 Å². The Balaban J connectivity index is 2.23. The molecule has 0 aliphatic carbocycles. The molecule has 2 aromatic rings. The number of carbonyl (C=O) groups is 1. The Bertz CT molecular complexity index is 630. The molecule has 0 aliphatic rings. The third-order valence-electron chi connectivity index (χ3n) is 2.87. The van der Waals surface area contributed by atoms with Gasteiger partial charge in [-0.05, 0) is 31.5 Å². The fourth-order valence-corrected chi connectivity index (χ4v) is 2.93. The van der Waals surface area contributed by atoms with Gasteiger partial charge in [-0.25, -0.2) is 4.98 Å². The smallest absolute Gasteiger partial charge is 0.313 e. The quantitative estimate of drug-likeness (QED) is 0.595. The van der Waals surface area contributed by atoms with Crippen LogP contribution in [0, 0.1) is 0 Å². The molecule has 114 valence electrons. The number of hydrogen-bond donors (Lipinski definition) is 1. The summed E-state index contributed by atoms with van der Waals surface area (Å²) in [6.07, 6.45) is 0.850. The van der Waals surface area contributed by atoms with Gasteiger partial charge in [0.25, 0.3) is 0 Å². The van der Waals surface area contributed by atoms with Crippen LogP contribution in [0.4, 0.5) is 0 Å². The number of benzene rings is 1. The number of halogens is 1. The summed E-state index contributed by atoms with van der Waals surface area (Å²) in [5.74, 6) is -0.867. The molecule has 0 aliphatic heterocycles. The van der Waals surface area contributed by atoms with Crippen LogP contribution in [0.2, 0.25) is 5.02 Å². The molecule has 0 spiro atoms. The molecular weight excluding hydrogens is 312 g/mol. The van der Waals surface area contributed by atoms with E-state index in [9.17, 15) is 4.79 Å². The van der Waals surface area contributed by atoms with E-state index in [4.69, 9.17) is 21.4 Å². The van der Waals surface area contributed by atoms with Crippen molar-refractivity contribution in [3.63, 3.8) is 0 Å². The number of ether oxygens (including phenoxy) is 1. The van der Waals surface area contributed by atoms with E-state index in [2.05, 4.69) is 4.98 Å². The number of imidazole rings is 1. The van der Waals surface area contributed by atoms with Crippen molar-refractivity contribution >= 4 is 40.4 Å². The highest BCUT2D eigenvalue weighted by Gasteiger charge is 2.13. The van der Waals surface area contributed by atoms with Gasteiger partial charge in [0.15, 0.2) is 5.16 Å². The van der Waals surface area contributed by atoms with Gasteiger partial charge in [-0.2, -0.15) is 0 Å². The zero-order valence-corrected chi connectivity index (χ0v) is 13.3. The second-order valence-corrected chi connectivity index (χ2v) is 5.79. The number of hydrogen-bond acceptors (Lipinski definition) is 4. The highest BCUT2D eigenvalue weighted by atomic mass is 35.5. The van der Waals surface area contributed by atoms with Crippen molar-refractivity contribution in [1.82, 2.24) is 9.55 Å². The number of fused-ring (bicyclic) bond motifs is 1. The second-order valence-electron chi connectivity index (χ2n) is 4.41. The van der Waals surface area contributed by atoms with E-state index < -0.39 is 5.97 Å². The van der Waals surface area contributed by atoms with Crippen molar-refractivity contribution < 1.29 is 14.6 Å². The van der Waals surface area contributed by atoms with E-state index in [1.54, 1.807) is 6.07 Å². The average Bonchev–Trinajstić information content (AvgIpc) is 2.78. The first kappa shape index (κ1) is 16.1. The summed E-state index contributed by atoms with van der Waals surface area (Å²) >= 11 is 7.20. The number of aromatic nitrogens is 2. The van der Waals surface area contributed by atoms with E-state index in [0.29, 0.717) is 23.4 Å². The van der Waals surface area contributed by atoms with Gasteiger partial charge >= 0.3 is 5.97 Å². The first-order valence-electron chi connectivity index (χ1n) is 6.70. The monoisotopic (exact) mass is 328 g/mol. The second kappa shape index (κ2) is 7.68. The molecule has 0 amide bonds. The van der Waals surface area contributed by atoms with Gasteiger partial charge in [-0.15, -0.1) is 0 Å². The van der Waals surface area contributed by atoms with E-state index >= 15 is 0 Å². The van der Waals surface area contributed by atoms with Crippen LogP contribution in [0.15, 0.2) is 23.4 Å². The van der Waals surface area contributed by atoms with Gasteiger partial charge in [0.2, 0.25) is 0 Å². The van der Waals surface area contributed by atoms with Crippen molar-refractivity contribution in [3.05, 3.63) is 23.2 Å². The summed E-state index contributed by atoms with van der Waals surface area (Å²) in [7, 11) is 0. The zero-order chi connectivity index (χ0) is 15.2. The minimum Gasteiger partial charge on any atom is -0.481 e. The van der Waals surface area contributed by atoms with Gasteiger partial charge in [-0.3, -0.25) is 4.79 Å². The highest BCUT2D eigenvalue weighted by Crippen LogP contribution is 2.26. The van der Waals surface area contributed by atoms with Crippen molar-refractivity contribution in [1.29, 1.82) is 0 Å². The lowest BCUT2D eigenvalue weighted by Gasteiger charge is -2.08. The van der Waals surface area contributed by atoms with E-state index in [-0.39, 0.29) is 5.75 Å². The summed E-state index contributed by atoms with van der Waals surface area (Å²) in [5, 5.41) is 10.2. The van der Waals surface area contributed by atoms with E-state index in [1.807, 2.05) is 23.6 Å². The van der Waals surface area contributed by atoms with Crippen molar-refractivity contribution in [2.45, 2.75) is 25.0 Å². The van der Waals surface area contributed by atoms with Gasteiger partial charge < -0.3 is 14.4 Å². The van der Waals surface area contributed by atoms with Crippen LogP contribution in [0.1, 0.15) is 13.3 Å². The molecule has 0 saturated carbocycles. The Hall–Kier alpha value is -1.24. The number of thioether (sulfide) groups is 1. The number of aliphatic carboxylic acids is 1. The van der Waals surface area contributed by atoms with Gasteiger partial charge in [-0.1, -0.05) is 23.4 Å². The summed E-state index contributed by atoms with van der Waals surface area (Å²) in [6.45, 7) is 4.07. The minimum absolute atomic E-state index is 0.0114.